The SMILES string of the molecule is CN(C)Cc1cccc(NCc2cnn(CCO)c2)c1. The van der Waals surface area contributed by atoms with E-state index >= 15 is 0 Å². The summed E-state index contributed by atoms with van der Waals surface area (Å²) in [6, 6.07) is 8.43. The number of anilines is 1. The number of aromatic nitrogens is 2. The largest absolute Gasteiger partial charge is 0.394 e. The Morgan fingerprint density at radius 3 is 2.90 bits per heavy atom. The first-order valence-electron chi connectivity index (χ1n) is 6.77. The van der Waals surface area contributed by atoms with Gasteiger partial charge in [0, 0.05) is 30.5 Å². The molecule has 0 aliphatic carbocycles. The molecule has 0 aliphatic heterocycles. The fourth-order valence-corrected chi connectivity index (χ4v) is 2.07. The van der Waals surface area contributed by atoms with Crippen LogP contribution in [-0.4, -0.2) is 40.5 Å². The highest BCUT2D eigenvalue weighted by Crippen LogP contribution is 2.13. The average Bonchev–Trinajstić information content (AvgIpc) is 2.84. The molecular formula is C15H22N4O. The zero-order valence-electron chi connectivity index (χ0n) is 12.1. The van der Waals surface area contributed by atoms with Gasteiger partial charge in [0.05, 0.1) is 19.3 Å². The number of aliphatic hydroxyl groups is 1. The summed E-state index contributed by atoms with van der Waals surface area (Å²) in [7, 11) is 4.13. The molecule has 0 saturated heterocycles. The number of hydrogen-bond acceptors (Lipinski definition) is 4. The third-order valence-corrected chi connectivity index (χ3v) is 2.94. The molecule has 0 unspecified atom stereocenters. The van der Waals surface area contributed by atoms with Gasteiger partial charge in [0.25, 0.3) is 0 Å². The van der Waals surface area contributed by atoms with Gasteiger partial charge in [-0.1, -0.05) is 12.1 Å². The Balaban J connectivity index is 1.92. The fraction of sp³-hybridized carbons (Fsp3) is 0.400. The van der Waals surface area contributed by atoms with E-state index in [4.69, 9.17) is 5.11 Å². The Morgan fingerprint density at radius 2 is 2.15 bits per heavy atom. The highest BCUT2D eigenvalue weighted by Gasteiger charge is 2.00. The van der Waals surface area contributed by atoms with Crippen LogP contribution in [0.25, 0.3) is 0 Å². The topological polar surface area (TPSA) is 53.3 Å². The van der Waals surface area contributed by atoms with Crippen molar-refractivity contribution < 1.29 is 5.11 Å². The summed E-state index contributed by atoms with van der Waals surface area (Å²) in [4.78, 5) is 2.15. The quantitative estimate of drug-likeness (QED) is 0.804. The van der Waals surface area contributed by atoms with Crippen molar-refractivity contribution in [3.05, 3.63) is 47.8 Å². The van der Waals surface area contributed by atoms with Gasteiger partial charge in [-0.25, -0.2) is 0 Å². The van der Waals surface area contributed by atoms with Crippen molar-refractivity contribution >= 4 is 5.69 Å². The lowest BCUT2D eigenvalue weighted by atomic mass is 10.2. The lowest BCUT2D eigenvalue weighted by molar-refractivity contribution is 0.269. The fourth-order valence-electron chi connectivity index (χ4n) is 2.07. The van der Waals surface area contributed by atoms with Crippen LogP contribution in [0.4, 0.5) is 5.69 Å². The molecule has 2 N–H and O–H groups in total. The first-order chi connectivity index (χ1) is 9.67. The maximum atomic E-state index is 8.86. The van der Waals surface area contributed by atoms with Crippen LogP contribution in [-0.2, 0) is 19.6 Å². The molecule has 0 bridgehead atoms. The zero-order chi connectivity index (χ0) is 14.4. The summed E-state index contributed by atoms with van der Waals surface area (Å²) >= 11 is 0. The Kier molecular flexibility index (Phi) is 5.15. The number of nitrogens with zero attached hydrogens (tertiary/aromatic N) is 3. The Bertz CT molecular complexity index is 536. The molecule has 0 fully saturated rings. The minimum Gasteiger partial charge on any atom is -0.394 e. The van der Waals surface area contributed by atoms with Crippen molar-refractivity contribution in [1.29, 1.82) is 0 Å². The average molecular weight is 274 g/mol. The summed E-state index contributed by atoms with van der Waals surface area (Å²) in [6.45, 7) is 2.32. The van der Waals surface area contributed by atoms with Gasteiger partial charge in [-0.15, -0.1) is 0 Å². The Morgan fingerprint density at radius 1 is 1.30 bits per heavy atom. The summed E-state index contributed by atoms with van der Waals surface area (Å²) in [5.74, 6) is 0. The van der Waals surface area contributed by atoms with E-state index in [-0.39, 0.29) is 6.61 Å². The molecule has 5 nitrogen and oxygen atoms in total. The van der Waals surface area contributed by atoms with Gasteiger partial charge in [-0.3, -0.25) is 4.68 Å². The third-order valence-electron chi connectivity index (χ3n) is 2.94. The second-order valence-electron chi connectivity index (χ2n) is 5.13. The van der Waals surface area contributed by atoms with Gasteiger partial charge >= 0.3 is 0 Å². The van der Waals surface area contributed by atoms with Crippen LogP contribution in [0.15, 0.2) is 36.7 Å². The summed E-state index contributed by atoms with van der Waals surface area (Å²) in [5.41, 5.74) is 3.51. The highest BCUT2D eigenvalue weighted by molar-refractivity contribution is 5.46. The number of hydrogen-bond donors (Lipinski definition) is 2. The molecule has 0 aliphatic rings. The van der Waals surface area contributed by atoms with Crippen molar-refractivity contribution in [3.8, 4) is 0 Å². The molecule has 0 radical (unpaired) electrons. The molecule has 0 amide bonds. The van der Waals surface area contributed by atoms with E-state index in [2.05, 4.69) is 53.7 Å². The van der Waals surface area contributed by atoms with Gasteiger partial charge in [0.1, 0.15) is 0 Å². The van der Waals surface area contributed by atoms with E-state index < -0.39 is 0 Å². The molecule has 1 aromatic heterocycles. The molecular weight excluding hydrogens is 252 g/mol. The van der Waals surface area contributed by atoms with E-state index in [1.807, 2.05) is 12.4 Å². The van der Waals surface area contributed by atoms with E-state index in [0.717, 1.165) is 24.3 Å². The van der Waals surface area contributed by atoms with Crippen LogP contribution < -0.4 is 5.32 Å². The maximum Gasteiger partial charge on any atom is 0.0640 e. The van der Waals surface area contributed by atoms with Gasteiger partial charge in [-0.2, -0.15) is 5.10 Å². The molecule has 0 saturated carbocycles. The van der Waals surface area contributed by atoms with Crippen molar-refractivity contribution in [1.82, 2.24) is 14.7 Å². The van der Waals surface area contributed by atoms with E-state index in [0.29, 0.717) is 6.54 Å². The number of benzene rings is 1. The standard InChI is InChI=1S/C15H22N4O/c1-18(2)11-13-4-3-5-15(8-13)16-9-14-10-17-19(12-14)6-7-20/h3-5,8,10,12,16,20H,6-7,9,11H2,1-2H3. The van der Waals surface area contributed by atoms with Gasteiger partial charge in [0.15, 0.2) is 0 Å². The van der Waals surface area contributed by atoms with Gasteiger partial charge in [0.2, 0.25) is 0 Å². The Hall–Kier alpha value is -1.85. The molecule has 1 aromatic carbocycles. The molecule has 2 aromatic rings. The monoisotopic (exact) mass is 274 g/mol. The first kappa shape index (κ1) is 14.6. The first-order valence-corrected chi connectivity index (χ1v) is 6.77. The summed E-state index contributed by atoms with van der Waals surface area (Å²) < 4.78 is 1.75. The van der Waals surface area contributed by atoms with E-state index in [1.54, 1.807) is 4.68 Å². The minimum absolute atomic E-state index is 0.112. The van der Waals surface area contributed by atoms with Crippen molar-refractivity contribution in [3.63, 3.8) is 0 Å². The van der Waals surface area contributed by atoms with Crippen LogP contribution in [0.3, 0.4) is 0 Å². The lowest BCUT2D eigenvalue weighted by Gasteiger charge is -2.11. The predicted octanol–water partition coefficient (Wildman–Crippen LogP) is 1.55. The van der Waals surface area contributed by atoms with E-state index in [1.165, 1.54) is 5.56 Å². The molecule has 2 rings (SSSR count). The maximum absolute atomic E-state index is 8.86. The minimum atomic E-state index is 0.112. The summed E-state index contributed by atoms with van der Waals surface area (Å²) in [6.07, 6.45) is 3.78. The zero-order valence-corrected chi connectivity index (χ0v) is 12.1. The van der Waals surface area contributed by atoms with E-state index in [9.17, 15) is 0 Å². The van der Waals surface area contributed by atoms with Crippen molar-refractivity contribution in [2.24, 2.45) is 0 Å². The van der Waals surface area contributed by atoms with Crippen molar-refractivity contribution in [2.75, 3.05) is 26.0 Å². The number of rotatable bonds is 7. The summed E-state index contributed by atoms with van der Waals surface area (Å²) in [5, 5.41) is 16.4. The Labute approximate surface area is 119 Å². The third kappa shape index (κ3) is 4.36. The van der Waals surface area contributed by atoms with Crippen molar-refractivity contribution in [2.45, 2.75) is 19.6 Å². The highest BCUT2D eigenvalue weighted by atomic mass is 16.3. The lowest BCUT2D eigenvalue weighted by Crippen LogP contribution is -2.10. The predicted molar refractivity (Wildman–Crippen MR) is 80.5 cm³/mol. The van der Waals surface area contributed by atoms with Crippen LogP contribution in [0, 0.1) is 0 Å². The molecule has 0 atom stereocenters. The van der Waals surface area contributed by atoms with Crippen LogP contribution in [0.1, 0.15) is 11.1 Å². The van der Waals surface area contributed by atoms with Crippen LogP contribution in [0.2, 0.25) is 0 Å². The number of nitrogens with one attached hydrogen (secondary N) is 1. The molecule has 1 heterocycles. The second-order valence-corrected chi connectivity index (χ2v) is 5.13. The van der Waals surface area contributed by atoms with Crippen LogP contribution in [0.5, 0.6) is 0 Å². The molecule has 0 spiro atoms. The van der Waals surface area contributed by atoms with Gasteiger partial charge < -0.3 is 15.3 Å². The molecule has 20 heavy (non-hydrogen) atoms. The second kappa shape index (κ2) is 7.07. The number of aliphatic hydroxyl groups excluding tert-OH is 1. The molecule has 108 valence electrons. The van der Waals surface area contributed by atoms with Crippen LogP contribution >= 0.6 is 0 Å². The molecule has 5 heteroatoms. The van der Waals surface area contributed by atoms with Gasteiger partial charge in [-0.05, 0) is 31.8 Å². The smallest absolute Gasteiger partial charge is 0.0640 e. The normalized spacial score (nSPS) is 11.0.